The molecule has 0 bridgehead atoms. The molecule has 208 valence electrons. The normalized spacial score (nSPS) is 19.0. The van der Waals surface area contributed by atoms with Crippen LogP contribution in [0.2, 0.25) is 0 Å². The molecule has 0 saturated carbocycles. The fourth-order valence-corrected chi connectivity index (χ4v) is 5.75. The van der Waals surface area contributed by atoms with Crippen molar-refractivity contribution in [2.45, 2.75) is 58.5 Å². The molecule has 2 atom stereocenters. The van der Waals surface area contributed by atoms with E-state index in [4.69, 9.17) is 18.9 Å². The third-order valence-corrected chi connectivity index (χ3v) is 7.56. The van der Waals surface area contributed by atoms with Crippen LogP contribution in [0, 0.1) is 0 Å². The summed E-state index contributed by atoms with van der Waals surface area (Å²) in [6, 6.07) is 9.11. The number of dihydropyridines is 1. The number of esters is 1. The summed E-state index contributed by atoms with van der Waals surface area (Å²) in [6.45, 7) is 7.55. The van der Waals surface area contributed by atoms with Crippen molar-refractivity contribution in [1.29, 1.82) is 0 Å². The second kappa shape index (κ2) is 11.7. The zero-order chi connectivity index (χ0) is 28.4. The lowest BCUT2D eigenvalue weighted by Crippen LogP contribution is -2.36. The van der Waals surface area contributed by atoms with Gasteiger partial charge >= 0.3 is 5.97 Å². The maximum absolute atomic E-state index is 13.9. The zero-order valence-electron chi connectivity index (χ0n) is 23.0. The quantitative estimate of drug-likeness (QED) is 0.362. The van der Waals surface area contributed by atoms with E-state index in [2.05, 4.69) is 21.2 Å². The Balaban J connectivity index is 1.83. The van der Waals surface area contributed by atoms with E-state index >= 15 is 0 Å². The number of benzene rings is 2. The van der Waals surface area contributed by atoms with Gasteiger partial charge in [-0.1, -0.05) is 6.07 Å². The number of ether oxygens (including phenoxy) is 4. The summed E-state index contributed by atoms with van der Waals surface area (Å²) in [5, 5.41) is 13.9. The second-order valence-corrected chi connectivity index (χ2v) is 10.7. The van der Waals surface area contributed by atoms with Crippen molar-refractivity contribution in [3.05, 3.63) is 68.5 Å². The maximum atomic E-state index is 13.9. The number of methoxy groups -OCH3 is 2. The Morgan fingerprint density at radius 2 is 1.77 bits per heavy atom. The number of hydrogen-bond donors (Lipinski definition) is 2. The van der Waals surface area contributed by atoms with Gasteiger partial charge in [0.05, 0.1) is 37.0 Å². The average Bonchev–Trinajstić information content (AvgIpc) is 2.89. The zero-order valence-corrected chi connectivity index (χ0v) is 24.6. The number of phenolic OH excluding ortho intramolecular Hbond substituents is 1. The molecule has 2 aromatic carbocycles. The molecular formula is C30H34BrNO7. The molecule has 1 aliphatic heterocycles. The SMILES string of the molecule is CCOc1cc([C@@H]2C(C(=O)OC(C)C)=C(C)NC3=C2C(=O)C[C@H](c2ccc(OC)c(OC)c2)C3)cc(Br)c1O. The summed E-state index contributed by atoms with van der Waals surface area (Å²) in [4.78, 5) is 27.3. The Kier molecular flexibility index (Phi) is 8.59. The van der Waals surface area contributed by atoms with E-state index in [0.29, 0.717) is 51.4 Å². The van der Waals surface area contributed by atoms with Gasteiger partial charge in [-0.2, -0.15) is 0 Å². The number of aromatic hydroxyl groups is 1. The molecule has 39 heavy (non-hydrogen) atoms. The number of phenols is 1. The molecule has 0 amide bonds. The lowest BCUT2D eigenvalue weighted by Gasteiger charge is -2.37. The van der Waals surface area contributed by atoms with Gasteiger partial charge in [0, 0.05) is 29.3 Å². The first kappa shape index (κ1) is 28.5. The highest BCUT2D eigenvalue weighted by molar-refractivity contribution is 9.10. The van der Waals surface area contributed by atoms with Gasteiger partial charge in [-0.3, -0.25) is 4.79 Å². The van der Waals surface area contributed by atoms with Crippen LogP contribution in [0.4, 0.5) is 0 Å². The molecule has 0 radical (unpaired) electrons. The van der Waals surface area contributed by atoms with Crippen molar-refractivity contribution >= 4 is 27.7 Å². The van der Waals surface area contributed by atoms with Gasteiger partial charge in [-0.05, 0) is 91.4 Å². The molecule has 0 spiro atoms. The molecule has 0 unspecified atom stereocenters. The van der Waals surface area contributed by atoms with Crippen LogP contribution in [0.5, 0.6) is 23.0 Å². The fraction of sp³-hybridized carbons (Fsp3) is 0.400. The van der Waals surface area contributed by atoms with Gasteiger partial charge in [-0.15, -0.1) is 0 Å². The van der Waals surface area contributed by atoms with Gasteiger partial charge in [0.25, 0.3) is 0 Å². The van der Waals surface area contributed by atoms with Gasteiger partial charge in [0.15, 0.2) is 28.8 Å². The standard InChI is InChI=1S/C30H34BrNO7/c1-7-38-25-14-19(10-20(31)29(25)34)27-26(30(35)39-15(2)3)16(4)32-21-11-18(12-22(33)28(21)27)17-8-9-23(36-5)24(13-17)37-6/h8-10,13-15,18,27,32,34H,7,11-12H2,1-6H3/t18-,27-/m1/s1. The predicted molar refractivity (Wildman–Crippen MR) is 150 cm³/mol. The molecular weight excluding hydrogens is 566 g/mol. The number of allylic oxidation sites excluding steroid dienone is 3. The smallest absolute Gasteiger partial charge is 0.337 e. The minimum absolute atomic E-state index is 0.0424. The number of carbonyl (C=O) groups is 2. The monoisotopic (exact) mass is 599 g/mol. The molecule has 0 fully saturated rings. The third kappa shape index (κ3) is 5.64. The highest BCUT2D eigenvalue weighted by Crippen LogP contribution is 2.48. The van der Waals surface area contributed by atoms with E-state index in [9.17, 15) is 14.7 Å². The van der Waals surface area contributed by atoms with Crippen molar-refractivity contribution in [2.75, 3.05) is 20.8 Å². The summed E-state index contributed by atoms with van der Waals surface area (Å²) in [5.74, 6) is 0.0938. The summed E-state index contributed by atoms with van der Waals surface area (Å²) in [6.07, 6.45) is 0.486. The Hall–Kier alpha value is -3.46. The molecule has 9 heteroatoms. The van der Waals surface area contributed by atoms with Crippen LogP contribution in [0.1, 0.15) is 63.5 Å². The second-order valence-electron chi connectivity index (χ2n) is 9.87. The minimum atomic E-state index is -0.692. The summed E-state index contributed by atoms with van der Waals surface area (Å²) < 4.78 is 22.5. The molecule has 0 saturated heterocycles. The molecule has 1 heterocycles. The summed E-state index contributed by atoms with van der Waals surface area (Å²) >= 11 is 3.41. The van der Waals surface area contributed by atoms with Crippen LogP contribution in [-0.2, 0) is 14.3 Å². The fourth-order valence-electron chi connectivity index (χ4n) is 5.29. The maximum Gasteiger partial charge on any atom is 0.337 e. The minimum Gasteiger partial charge on any atom is -0.503 e. The predicted octanol–water partition coefficient (Wildman–Crippen LogP) is 5.88. The Bertz CT molecular complexity index is 1360. The summed E-state index contributed by atoms with van der Waals surface area (Å²) in [7, 11) is 3.17. The number of nitrogens with one attached hydrogen (secondary N) is 1. The van der Waals surface area contributed by atoms with E-state index in [-0.39, 0.29) is 35.7 Å². The molecule has 1 aliphatic carbocycles. The number of halogens is 1. The van der Waals surface area contributed by atoms with Crippen LogP contribution in [0.3, 0.4) is 0 Å². The van der Waals surface area contributed by atoms with Crippen LogP contribution in [-0.4, -0.2) is 43.8 Å². The first-order valence-electron chi connectivity index (χ1n) is 12.9. The van der Waals surface area contributed by atoms with Crippen LogP contribution in [0.25, 0.3) is 0 Å². The molecule has 2 aromatic rings. The Morgan fingerprint density at radius 3 is 2.41 bits per heavy atom. The van der Waals surface area contributed by atoms with E-state index in [1.54, 1.807) is 40.2 Å². The van der Waals surface area contributed by atoms with Gasteiger partial charge in [-0.25, -0.2) is 4.79 Å². The molecule has 2 aliphatic rings. The number of carbonyl (C=O) groups excluding carboxylic acids is 2. The van der Waals surface area contributed by atoms with E-state index < -0.39 is 11.9 Å². The third-order valence-electron chi connectivity index (χ3n) is 6.95. The van der Waals surface area contributed by atoms with Crippen molar-refractivity contribution in [1.82, 2.24) is 5.32 Å². The van der Waals surface area contributed by atoms with Crippen LogP contribution < -0.4 is 19.5 Å². The van der Waals surface area contributed by atoms with Crippen LogP contribution >= 0.6 is 15.9 Å². The van der Waals surface area contributed by atoms with E-state index in [1.807, 2.05) is 32.0 Å². The van der Waals surface area contributed by atoms with Gasteiger partial charge in [0.2, 0.25) is 0 Å². The number of rotatable bonds is 8. The molecule has 0 aromatic heterocycles. The van der Waals surface area contributed by atoms with Gasteiger partial charge in [0.1, 0.15) is 0 Å². The summed E-state index contributed by atoms with van der Waals surface area (Å²) in [5.41, 5.74) is 3.87. The topological polar surface area (TPSA) is 103 Å². The van der Waals surface area contributed by atoms with E-state index in [0.717, 1.165) is 11.3 Å². The van der Waals surface area contributed by atoms with Crippen molar-refractivity contribution in [3.8, 4) is 23.0 Å². The van der Waals surface area contributed by atoms with Crippen molar-refractivity contribution in [2.24, 2.45) is 0 Å². The highest BCUT2D eigenvalue weighted by atomic mass is 79.9. The van der Waals surface area contributed by atoms with Gasteiger partial charge < -0.3 is 29.4 Å². The van der Waals surface area contributed by atoms with E-state index in [1.165, 1.54) is 0 Å². The number of hydrogen-bond acceptors (Lipinski definition) is 8. The first-order valence-corrected chi connectivity index (χ1v) is 13.7. The van der Waals surface area contributed by atoms with Crippen molar-refractivity contribution in [3.63, 3.8) is 0 Å². The van der Waals surface area contributed by atoms with Crippen LogP contribution in [0.15, 0.2) is 57.3 Å². The molecule has 8 nitrogen and oxygen atoms in total. The largest absolute Gasteiger partial charge is 0.503 e. The average molecular weight is 601 g/mol. The lowest BCUT2D eigenvalue weighted by atomic mass is 9.71. The Morgan fingerprint density at radius 1 is 1.08 bits per heavy atom. The Labute approximate surface area is 237 Å². The molecule has 4 rings (SSSR count). The lowest BCUT2D eigenvalue weighted by molar-refractivity contribution is -0.143. The number of ketones is 1. The van der Waals surface area contributed by atoms with Crippen molar-refractivity contribution < 1.29 is 33.6 Å². The number of Topliss-reactive ketones (excluding diaryl/α,β-unsaturated/α-hetero) is 1. The first-order chi connectivity index (χ1) is 18.6. The highest BCUT2D eigenvalue weighted by Gasteiger charge is 2.42. The molecule has 2 N–H and O–H groups in total.